The van der Waals surface area contributed by atoms with Gasteiger partial charge in [-0.25, -0.2) is 19.7 Å². The van der Waals surface area contributed by atoms with E-state index in [4.69, 9.17) is 14.3 Å². The molecule has 2 aliphatic heterocycles. The second-order valence-corrected chi connectivity index (χ2v) is 8.58. The summed E-state index contributed by atoms with van der Waals surface area (Å²) in [6, 6.07) is 3.76. The van der Waals surface area contributed by atoms with Gasteiger partial charge in [0.25, 0.3) is 6.47 Å². The summed E-state index contributed by atoms with van der Waals surface area (Å²) >= 11 is 0. The molecule has 4 rings (SSSR count). The topological polar surface area (TPSA) is 128 Å². The summed E-state index contributed by atoms with van der Waals surface area (Å²) in [5.74, 6) is 0.0328. The number of hydrogen-bond acceptors (Lipinski definition) is 10. The number of nitrogens with one attached hydrogen (secondary N) is 1. The lowest BCUT2D eigenvalue weighted by atomic mass is 10.2. The Morgan fingerprint density at radius 2 is 2.06 bits per heavy atom. The maximum atomic E-state index is 13.1. The highest BCUT2D eigenvalue weighted by Crippen LogP contribution is 2.38. The Bertz CT molecular complexity index is 1020. The van der Waals surface area contributed by atoms with Crippen molar-refractivity contribution in [1.29, 1.82) is 0 Å². The van der Waals surface area contributed by atoms with Gasteiger partial charge in [-0.05, 0) is 43.9 Å². The number of ether oxygens (including phenoxy) is 3. The second kappa shape index (κ2) is 12.4. The summed E-state index contributed by atoms with van der Waals surface area (Å²) in [6.07, 6.45) is 4.29. The maximum absolute atomic E-state index is 13.1. The standard InChI is InChI=1S/C21H27FN6O4.C2H4O2/c1-14-5-6-16-19(25-14)28(15-7-8-27(16)13-15)20(29)26-17-11-24-18(12-23-17)30-9-4-10-31-21(2,3)32-22;1-4-2-3/h5-6,11-12,15H,4,7-10,13H2,1-3H3,(H,23,26,29);2H,1H3. The summed E-state index contributed by atoms with van der Waals surface area (Å²) < 4.78 is 26.8. The first-order chi connectivity index (χ1) is 17.3. The van der Waals surface area contributed by atoms with Crippen molar-refractivity contribution in [2.45, 2.75) is 45.4 Å². The zero-order chi connectivity index (χ0) is 26.1. The Labute approximate surface area is 208 Å². The largest absolute Gasteiger partial charge is 0.476 e. The summed E-state index contributed by atoms with van der Waals surface area (Å²) in [6.45, 7) is 7.53. The van der Waals surface area contributed by atoms with E-state index in [2.05, 4.69) is 34.8 Å². The normalized spacial score (nSPS) is 16.0. The Kier molecular flexibility index (Phi) is 9.31. The number of aryl methyl sites for hydroxylation is 1. The number of pyridine rings is 1. The van der Waals surface area contributed by atoms with Crippen LogP contribution in [0, 0.1) is 6.92 Å². The molecule has 1 N–H and O–H groups in total. The number of rotatable bonds is 9. The number of nitrogens with zero attached hydrogens (tertiary/aromatic N) is 5. The molecule has 2 bridgehead atoms. The molecule has 0 aromatic carbocycles. The number of carbonyl (C=O) groups is 2. The first kappa shape index (κ1) is 27.0. The van der Waals surface area contributed by atoms with Crippen molar-refractivity contribution < 1.29 is 33.3 Å². The van der Waals surface area contributed by atoms with Crippen LogP contribution in [0.5, 0.6) is 5.88 Å². The predicted octanol–water partition coefficient (Wildman–Crippen LogP) is 3.02. The third kappa shape index (κ3) is 6.98. The lowest BCUT2D eigenvalue weighted by Gasteiger charge is -2.35. The Morgan fingerprint density at radius 1 is 1.28 bits per heavy atom. The van der Waals surface area contributed by atoms with Crippen molar-refractivity contribution in [1.82, 2.24) is 15.0 Å². The van der Waals surface area contributed by atoms with E-state index in [-0.39, 0.29) is 18.7 Å². The van der Waals surface area contributed by atoms with Gasteiger partial charge in [0.2, 0.25) is 11.7 Å². The lowest BCUT2D eigenvalue weighted by Crippen LogP contribution is -2.48. The van der Waals surface area contributed by atoms with Crippen LogP contribution in [0.4, 0.5) is 26.6 Å². The Balaban J connectivity index is 0.000000840. The Hall–Kier alpha value is -3.58. The molecular formula is C23H31FN6O6. The quantitative estimate of drug-likeness (QED) is 0.308. The molecule has 0 saturated carbocycles. The van der Waals surface area contributed by atoms with Crippen LogP contribution < -0.4 is 19.9 Å². The maximum Gasteiger partial charge on any atom is 0.329 e. The number of fused-ring (bicyclic) bond motifs is 4. The van der Waals surface area contributed by atoms with Gasteiger partial charge in [-0.15, -0.1) is 0 Å². The molecule has 0 spiro atoms. The molecular weight excluding hydrogens is 475 g/mol. The molecule has 36 heavy (non-hydrogen) atoms. The van der Waals surface area contributed by atoms with Crippen LogP contribution in [0.3, 0.4) is 0 Å². The fourth-order valence-electron chi connectivity index (χ4n) is 3.77. The van der Waals surface area contributed by atoms with Crippen LogP contribution in [-0.4, -0.2) is 72.7 Å². The minimum atomic E-state index is -1.28. The number of carbonyl (C=O) groups excluding carboxylic acids is 2. The van der Waals surface area contributed by atoms with Crippen LogP contribution in [-0.2, 0) is 19.2 Å². The minimum absolute atomic E-state index is 0.0716. The van der Waals surface area contributed by atoms with E-state index < -0.39 is 5.79 Å². The first-order valence-electron chi connectivity index (χ1n) is 11.5. The predicted molar refractivity (Wildman–Crippen MR) is 129 cm³/mol. The van der Waals surface area contributed by atoms with E-state index in [1.54, 1.807) is 4.90 Å². The van der Waals surface area contributed by atoms with Crippen LogP contribution in [0.1, 0.15) is 32.4 Å². The third-order valence-corrected chi connectivity index (χ3v) is 5.44. The fraction of sp³-hybridized carbons (Fsp3) is 0.522. The molecule has 2 amide bonds. The summed E-state index contributed by atoms with van der Waals surface area (Å²) in [5, 5.41) is 2.81. The van der Waals surface area contributed by atoms with Gasteiger partial charge in [-0.1, -0.05) is 0 Å². The fourth-order valence-corrected chi connectivity index (χ4v) is 3.77. The van der Waals surface area contributed by atoms with Gasteiger partial charge in [0.05, 0.1) is 44.4 Å². The molecule has 1 atom stereocenters. The van der Waals surface area contributed by atoms with E-state index in [0.29, 0.717) is 37.0 Å². The van der Waals surface area contributed by atoms with Gasteiger partial charge < -0.3 is 19.1 Å². The molecule has 4 heterocycles. The monoisotopic (exact) mass is 506 g/mol. The molecule has 1 fully saturated rings. The summed E-state index contributed by atoms with van der Waals surface area (Å²) in [5.41, 5.74) is 1.83. The molecule has 1 saturated heterocycles. The van der Waals surface area contributed by atoms with Gasteiger partial charge in [-0.3, -0.25) is 15.0 Å². The minimum Gasteiger partial charge on any atom is -0.476 e. The molecule has 12 nitrogen and oxygen atoms in total. The van der Waals surface area contributed by atoms with Crippen LogP contribution in [0.2, 0.25) is 0 Å². The first-order valence-corrected chi connectivity index (χ1v) is 11.5. The van der Waals surface area contributed by atoms with Crippen molar-refractivity contribution in [3.63, 3.8) is 0 Å². The zero-order valence-corrected chi connectivity index (χ0v) is 20.8. The van der Waals surface area contributed by atoms with Crippen LogP contribution >= 0.6 is 0 Å². The SMILES string of the molecule is COC=O.Cc1ccc2c(n1)N(C(=O)Nc1cnc(OCCCOC(C)(C)OF)cn1)C1CCN2C1. The van der Waals surface area contributed by atoms with Crippen molar-refractivity contribution in [3.8, 4) is 5.88 Å². The zero-order valence-electron chi connectivity index (χ0n) is 20.8. The van der Waals surface area contributed by atoms with Crippen molar-refractivity contribution in [3.05, 3.63) is 30.2 Å². The highest BCUT2D eigenvalue weighted by atomic mass is 19.3. The second-order valence-electron chi connectivity index (χ2n) is 8.58. The lowest BCUT2D eigenvalue weighted by molar-refractivity contribution is -0.328. The van der Waals surface area contributed by atoms with Gasteiger partial charge in [0.15, 0.2) is 11.6 Å². The van der Waals surface area contributed by atoms with E-state index in [1.165, 1.54) is 33.4 Å². The molecule has 2 aliphatic rings. The van der Waals surface area contributed by atoms with Gasteiger partial charge in [-0.2, -0.15) is 4.94 Å². The molecule has 196 valence electrons. The number of methoxy groups -OCH3 is 1. The number of halogens is 1. The average molecular weight is 507 g/mol. The molecule has 1 unspecified atom stereocenters. The van der Waals surface area contributed by atoms with Crippen molar-refractivity contribution in [2.24, 2.45) is 0 Å². The van der Waals surface area contributed by atoms with Crippen LogP contribution in [0.15, 0.2) is 24.5 Å². The number of amides is 2. The van der Waals surface area contributed by atoms with Crippen LogP contribution in [0.25, 0.3) is 0 Å². The molecule has 13 heteroatoms. The number of hydrogen-bond donors (Lipinski definition) is 1. The number of anilines is 3. The number of aromatic nitrogens is 3. The average Bonchev–Trinajstić information content (AvgIpc) is 3.29. The highest BCUT2D eigenvalue weighted by Gasteiger charge is 2.40. The van der Waals surface area contributed by atoms with Crippen molar-refractivity contribution in [2.75, 3.05) is 48.5 Å². The van der Waals surface area contributed by atoms with E-state index >= 15 is 0 Å². The van der Waals surface area contributed by atoms with E-state index in [1.807, 2.05) is 19.1 Å². The summed E-state index contributed by atoms with van der Waals surface area (Å²) in [4.78, 5) is 42.7. The molecule has 0 radical (unpaired) electrons. The molecule has 2 aromatic rings. The van der Waals surface area contributed by atoms with E-state index in [0.717, 1.165) is 30.9 Å². The van der Waals surface area contributed by atoms with E-state index in [9.17, 15) is 9.32 Å². The number of urea groups is 1. The van der Waals surface area contributed by atoms with Gasteiger partial charge in [0, 0.05) is 25.2 Å². The smallest absolute Gasteiger partial charge is 0.329 e. The third-order valence-electron chi connectivity index (χ3n) is 5.44. The van der Waals surface area contributed by atoms with Gasteiger partial charge >= 0.3 is 6.03 Å². The van der Waals surface area contributed by atoms with Crippen molar-refractivity contribution >= 4 is 29.8 Å². The summed E-state index contributed by atoms with van der Waals surface area (Å²) in [7, 11) is 1.31. The molecule has 2 aromatic heterocycles. The molecule has 0 aliphatic carbocycles. The highest BCUT2D eigenvalue weighted by molar-refractivity contribution is 6.04. The Morgan fingerprint density at radius 3 is 2.72 bits per heavy atom. The van der Waals surface area contributed by atoms with Gasteiger partial charge in [0.1, 0.15) is 0 Å².